The molecule has 0 aliphatic carbocycles. The molecule has 2 amide bonds. The Hall–Kier alpha value is -3.34. The van der Waals surface area contributed by atoms with Crippen LogP contribution in [-0.4, -0.2) is 11.0 Å². The van der Waals surface area contributed by atoms with E-state index in [0.717, 1.165) is 29.2 Å². The Kier molecular flexibility index (Phi) is 5.04. The fourth-order valence-electron chi connectivity index (χ4n) is 2.19. The largest absolute Gasteiger partial charge is 0.381 e. The summed E-state index contributed by atoms with van der Waals surface area (Å²) in [6.45, 7) is 0.726. The first kappa shape index (κ1) is 15.6. The van der Waals surface area contributed by atoms with Crippen molar-refractivity contribution in [1.82, 2.24) is 4.98 Å². The molecule has 0 radical (unpaired) electrons. The summed E-state index contributed by atoms with van der Waals surface area (Å²) in [5, 5.41) is 8.91. The summed E-state index contributed by atoms with van der Waals surface area (Å²) in [5.41, 5.74) is 3.64. The van der Waals surface area contributed by atoms with Crippen molar-refractivity contribution in [3.05, 3.63) is 84.7 Å². The number of hydrogen-bond donors (Lipinski definition) is 3. The molecule has 0 aliphatic heterocycles. The van der Waals surface area contributed by atoms with Crippen LogP contribution >= 0.6 is 0 Å². The third-order valence-corrected chi connectivity index (χ3v) is 3.42. The molecule has 0 aliphatic rings. The molecule has 0 bridgehead atoms. The molecule has 0 atom stereocenters. The van der Waals surface area contributed by atoms with Crippen LogP contribution in [0.4, 0.5) is 21.9 Å². The maximum Gasteiger partial charge on any atom is 0.323 e. The molecule has 1 aromatic heterocycles. The smallest absolute Gasteiger partial charge is 0.323 e. The quantitative estimate of drug-likeness (QED) is 0.655. The van der Waals surface area contributed by atoms with Gasteiger partial charge in [0.25, 0.3) is 0 Å². The molecule has 24 heavy (non-hydrogen) atoms. The summed E-state index contributed by atoms with van der Waals surface area (Å²) in [4.78, 5) is 15.9. The summed E-state index contributed by atoms with van der Waals surface area (Å²) >= 11 is 0. The van der Waals surface area contributed by atoms with Gasteiger partial charge in [-0.2, -0.15) is 0 Å². The van der Waals surface area contributed by atoms with Crippen molar-refractivity contribution in [2.45, 2.75) is 6.54 Å². The first-order chi connectivity index (χ1) is 11.8. The van der Waals surface area contributed by atoms with Crippen molar-refractivity contribution in [1.29, 1.82) is 0 Å². The molecular formula is C19H18N4O. The zero-order chi connectivity index (χ0) is 16.6. The van der Waals surface area contributed by atoms with Crippen LogP contribution in [0.2, 0.25) is 0 Å². The van der Waals surface area contributed by atoms with Gasteiger partial charge in [0.05, 0.1) is 0 Å². The standard InChI is InChI=1S/C19H18N4O/c24-19(22-17-4-2-1-3-5-17)23-18-8-6-16(7-9-18)21-14-15-10-12-20-13-11-15/h1-13,21H,14H2,(H2,22,23,24). The normalized spacial score (nSPS) is 10.0. The molecule has 1 heterocycles. The molecule has 3 rings (SSSR count). The predicted molar refractivity (Wildman–Crippen MR) is 97.1 cm³/mol. The van der Waals surface area contributed by atoms with Crippen LogP contribution in [0.5, 0.6) is 0 Å². The van der Waals surface area contributed by atoms with E-state index in [-0.39, 0.29) is 6.03 Å². The Labute approximate surface area is 140 Å². The number of pyridine rings is 1. The second-order valence-electron chi connectivity index (χ2n) is 5.23. The topological polar surface area (TPSA) is 66.1 Å². The van der Waals surface area contributed by atoms with Gasteiger partial charge in [0.15, 0.2) is 0 Å². The van der Waals surface area contributed by atoms with E-state index in [2.05, 4.69) is 20.9 Å². The van der Waals surface area contributed by atoms with Crippen LogP contribution in [0.1, 0.15) is 5.56 Å². The summed E-state index contributed by atoms with van der Waals surface area (Å²) in [5.74, 6) is 0. The Morgan fingerprint density at radius 2 is 1.33 bits per heavy atom. The zero-order valence-corrected chi connectivity index (χ0v) is 13.1. The van der Waals surface area contributed by atoms with Gasteiger partial charge in [-0.15, -0.1) is 0 Å². The van der Waals surface area contributed by atoms with Crippen LogP contribution in [0, 0.1) is 0 Å². The molecule has 0 saturated heterocycles. The lowest BCUT2D eigenvalue weighted by Gasteiger charge is -2.09. The van der Waals surface area contributed by atoms with Crippen molar-refractivity contribution in [3.63, 3.8) is 0 Å². The van der Waals surface area contributed by atoms with Crippen LogP contribution in [0.15, 0.2) is 79.1 Å². The average Bonchev–Trinajstić information content (AvgIpc) is 2.63. The highest BCUT2D eigenvalue weighted by atomic mass is 16.2. The number of carbonyl (C=O) groups is 1. The van der Waals surface area contributed by atoms with Crippen molar-refractivity contribution in [2.75, 3.05) is 16.0 Å². The maximum absolute atomic E-state index is 11.9. The second kappa shape index (κ2) is 7.78. The SMILES string of the molecule is O=C(Nc1ccccc1)Nc1ccc(NCc2ccncc2)cc1. The van der Waals surface area contributed by atoms with E-state index in [9.17, 15) is 4.79 Å². The molecule has 120 valence electrons. The Morgan fingerprint density at radius 3 is 2.00 bits per heavy atom. The fraction of sp³-hybridized carbons (Fsp3) is 0.0526. The number of nitrogens with one attached hydrogen (secondary N) is 3. The van der Waals surface area contributed by atoms with E-state index in [1.54, 1.807) is 12.4 Å². The van der Waals surface area contributed by atoms with Crippen LogP contribution in [-0.2, 0) is 6.54 Å². The minimum Gasteiger partial charge on any atom is -0.381 e. The molecular weight excluding hydrogens is 300 g/mol. The van der Waals surface area contributed by atoms with Crippen molar-refractivity contribution >= 4 is 23.1 Å². The number of hydrogen-bond acceptors (Lipinski definition) is 3. The lowest BCUT2D eigenvalue weighted by atomic mass is 10.2. The van der Waals surface area contributed by atoms with Gasteiger partial charge < -0.3 is 16.0 Å². The number of amides is 2. The van der Waals surface area contributed by atoms with Gasteiger partial charge in [-0.1, -0.05) is 18.2 Å². The van der Waals surface area contributed by atoms with E-state index in [0.29, 0.717) is 0 Å². The highest BCUT2D eigenvalue weighted by molar-refractivity contribution is 5.99. The number of para-hydroxylation sites is 1. The molecule has 3 aromatic rings. The molecule has 0 saturated carbocycles. The van der Waals surface area contributed by atoms with Crippen molar-refractivity contribution in [3.8, 4) is 0 Å². The summed E-state index contributed by atoms with van der Waals surface area (Å²) in [6, 6.07) is 20.6. The number of urea groups is 1. The molecule has 0 unspecified atom stereocenters. The third kappa shape index (κ3) is 4.58. The number of anilines is 3. The van der Waals surface area contributed by atoms with E-state index in [1.165, 1.54) is 0 Å². The minimum absolute atomic E-state index is 0.265. The van der Waals surface area contributed by atoms with Crippen LogP contribution < -0.4 is 16.0 Å². The number of nitrogens with zero attached hydrogens (tertiary/aromatic N) is 1. The molecule has 2 aromatic carbocycles. The van der Waals surface area contributed by atoms with Gasteiger partial charge >= 0.3 is 6.03 Å². The summed E-state index contributed by atoms with van der Waals surface area (Å²) in [7, 11) is 0. The number of carbonyl (C=O) groups excluding carboxylic acids is 1. The predicted octanol–water partition coefficient (Wildman–Crippen LogP) is 4.34. The third-order valence-electron chi connectivity index (χ3n) is 3.42. The number of aromatic nitrogens is 1. The van der Waals surface area contributed by atoms with E-state index >= 15 is 0 Å². The van der Waals surface area contributed by atoms with Crippen molar-refractivity contribution in [2.24, 2.45) is 0 Å². The van der Waals surface area contributed by atoms with Gasteiger partial charge in [0, 0.05) is 36.0 Å². The lowest BCUT2D eigenvalue weighted by molar-refractivity contribution is 0.262. The van der Waals surface area contributed by atoms with Crippen LogP contribution in [0.25, 0.3) is 0 Å². The number of rotatable bonds is 5. The van der Waals surface area contributed by atoms with E-state index in [4.69, 9.17) is 0 Å². The van der Waals surface area contributed by atoms with Gasteiger partial charge in [-0.25, -0.2) is 4.79 Å². The highest BCUT2D eigenvalue weighted by Crippen LogP contribution is 2.15. The minimum atomic E-state index is -0.265. The van der Waals surface area contributed by atoms with Crippen LogP contribution in [0.3, 0.4) is 0 Å². The number of benzene rings is 2. The molecule has 5 nitrogen and oxygen atoms in total. The van der Waals surface area contributed by atoms with Gasteiger partial charge in [-0.3, -0.25) is 4.98 Å². The maximum atomic E-state index is 11.9. The summed E-state index contributed by atoms with van der Waals surface area (Å²) in [6.07, 6.45) is 3.55. The zero-order valence-electron chi connectivity index (χ0n) is 13.1. The first-order valence-electron chi connectivity index (χ1n) is 7.65. The monoisotopic (exact) mass is 318 g/mol. The first-order valence-corrected chi connectivity index (χ1v) is 7.65. The van der Waals surface area contributed by atoms with E-state index in [1.807, 2.05) is 66.7 Å². The molecule has 3 N–H and O–H groups in total. The second-order valence-corrected chi connectivity index (χ2v) is 5.23. The van der Waals surface area contributed by atoms with Gasteiger partial charge in [0.2, 0.25) is 0 Å². The Bertz CT molecular complexity index is 773. The Balaban J connectivity index is 1.51. The molecule has 0 fully saturated rings. The fourth-order valence-corrected chi connectivity index (χ4v) is 2.19. The molecule has 5 heteroatoms. The summed E-state index contributed by atoms with van der Waals surface area (Å²) < 4.78 is 0. The van der Waals surface area contributed by atoms with Gasteiger partial charge in [0.1, 0.15) is 0 Å². The van der Waals surface area contributed by atoms with Crippen molar-refractivity contribution < 1.29 is 4.79 Å². The van der Waals surface area contributed by atoms with Gasteiger partial charge in [-0.05, 0) is 54.1 Å². The highest BCUT2D eigenvalue weighted by Gasteiger charge is 2.02. The lowest BCUT2D eigenvalue weighted by Crippen LogP contribution is -2.19. The van der Waals surface area contributed by atoms with E-state index < -0.39 is 0 Å². The Morgan fingerprint density at radius 1 is 0.750 bits per heavy atom. The average molecular weight is 318 g/mol. The molecule has 0 spiro atoms.